The first-order chi connectivity index (χ1) is 10.1. The van der Waals surface area contributed by atoms with Gasteiger partial charge >= 0.3 is 0 Å². The second-order valence-electron chi connectivity index (χ2n) is 4.51. The summed E-state index contributed by atoms with van der Waals surface area (Å²) < 4.78 is 19.0. The number of ether oxygens (including phenoxy) is 1. The second kappa shape index (κ2) is 6.23. The van der Waals surface area contributed by atoms with E-state index in [1.807, 2.05) is 19.1 Å². The first-order valence-corrected chi connectivity index (χ1v) is 6.62. The molecular formula is C19H17FO. The number of rotatable bonds is 4. The lowest BCUT2D eigenvalue weighted by atomic mass is 9.89. The van der Waals surface area contributed by atoms with Gasteiger partial charge in [-0.3, -0.25) is 0 Å². The Morgan fingerprint density at radius 3 is 2.24 bits per heavy atom. The molecule has 0 atom stereocenters. The van der Waals surface area contributed by atoms with E-state index in [2.05, 4.69) is 19.7 Å². The van der Waals surface area contributed by atoms with Gasteiger partial charge in [-0.05, 0) is 42.3 Å². The summed E-state index contributed by atoms with van der Waals surface area (Å²) in [6, 6.07) is 6.26. The summed E-state index contributed by atoms with van der Waals surface area (Å²) in [6.45, 7) is 13.6. The molecule has 0 fully saturated rings. The summed E-state index contributed by atoms with van der Waals surface area (Å²) in [5, 5.41) is 0. The van der Waals surface area contributed by atoms with Gasteiger partial charge in [-0.1, -0.05) is 44.0 Å². The van der Waals surface area contributed by atoms with E-state index in [9.17, 15) is 4.39 Å². The number of hydrogen-bond acceptors (Lipinski definition) is 1. The van der Waals surface area contributed by atoms with Gasteiger partial charge < -0.3 is 4.74 Å². The molecule has 1 nitrogen and oxygen atoms in total. The summed E-state index contributed by atoms with van der Waals surface area (Å²) in [6.07, 6.45) is 7.06. The quantitative estimate of drug-likeness (QED) is 0.724. The van der Waals surface area contributed by atoms with E-state index >= 15 is 0 Å². The Bertz CT molecular complexity index is 685. The van der Waals surface area contributed by atoms with E-state index in [4.69, 9.17) is 4.74 Å². The van der Waals surface area contributed by atoms with Crippen molar-refractivity contribution in [2.24, 2.45) is 0 Å². The molecule has 2 rings (SSSR count). The molecule has 0 saturated heterocycles. The van der Waals surface area contributed by atoms with Crippen LogP contribution in [0, 0.1) is 5.82 Å². The first-order valence-electron chi connectivity index (χ1n) is 6.62. The molecule has 1 aliphatic rings. The average molecular weight is 280 g/mol. The molecule has 1 aromatic carbocycles. The van der Waals surface area contributed by atoms with E-state index in [1.54, 1.807) is 24.3 Å². The normalized spacial score (nSPS) is 15.4. The van der Waals surface area contributed by atoms with Gasteiger partial charge in [0, 0.05) is 11.1 Å². The lowest BCUT2D eigenvalue weighted by Crippen LogP contribution is -2.07. The van der Waals surface area contributed by atoms with Crippen molar-refractivity contribution in [2.75, 3.05) is 0 Å². The van der Waals surface area contributed by atoms with E-state index in [0.29, 0.717) is 11.5 Å². The maximum absolute atomic E-state index is 13.1. The predicted molar refractivity (Wildman–Crippen MR) is 85.8 cm³/mol. The highest BCUT2D eigenvalue weighted by molar-refractivity contribution is 5.88. The topological polar surface area (TPSA) is 9.23 Å². The zero-order valence-corrected chi connectivity index (χ0v) is 12.0. The standard InChI is InChI=1S/C19H17FO/c1-5-8-18-19(14-9-11-15(20)12-10-14)13(4)16(6-2)17(7-3)21-18/h5-12H,2-4H2,1H3/b8-5-. The molecule has 0 radical (unpaired) electrons. The van der Waals surface area contributed by atoms with E-state index in [-0.39, 0.29) is 5.82 Å². The molecule has 0 amide bonds. The second-order valence-corrected chi connectivity index (χ2v) is 4.51. The maximum atomic E-state index is 13.1. The Labute approximate surface area is 124 Å². The number of halogens is 1. The van der Waals surface area contributed by atoms with Crippen molar-refractivity contribution in [1.29, 1.82) is 0 Å². The average Bonchev–Trinajstić information content (AvgIpc) is 2.48. The molecule has 0 aliphatic carbocycles. The van der Waals surface area contributed by atoms with Crippen molar-refractivity contribution in [2.45, 2.75) is 6.92 Å². The fraction of sp³-hybridized carbons (Fsp3) is 0.0526. The molecule has 2 heteroatoms. The molecule has 1 aliphatic heterocycles. The van der Waals surface area contributed by atoms with Crippen LogP contribution in [-0.4, -0.2) is 0 Å². The van der Waals surface area contributed by atoms with Crippen LogP contribution in [0.3, 0.4) is 0 Å². The Morgan fingerprint density at radius 2 is 1.71 bits per heavy atom. The molecule has 0 aromatic heterocycles. The zero-order chi connectivity index (χ0) is 15.4. The van der Waals surface area contributed by atoms with Crippen molar-refractivity contribution in [3.8, 4) is 0 Å². The minimum Gasteiger partial charge on any atom is -0.456 e. The minimum absolute atomic E-state index is 0.277. The molecule has 0 saturated carbocycles. The van der Waals surface area contributed by atoms with Crippen LogP contribution in [-0.2, 0) is 4.74 Å². The summed E-state index contributed by atoms with van der Waals surface area (Å²) in [7, 11) is 0. The molecule has 0 spiro atoms. The van der Waals surface area contributed by atoms with Gasteiger partial charge in [-0.25, -0.2) is 4.39 Å². The predicted octanol–water partition coefficient (Wildman–Crippen LogP) is 5.33. The van der Waals surface area contributed by atoms with Crippen LogP contribution < -0.4 is 0 Å². The maximum Gasteiger partial charge on any atom is 0.135 e. The third-order valence-electron chi connectivity index (χ3n) is 3.20. The smallest absolute Gasteiger partial charge is 0.135 e. The molecule has 21 heavy (non-hydrogen) atoms. The Balaban J connectivity index is 2.63. The largest absolute Gasteiger partial charge is 0.456 e. The lowest BCUT2D eigenvalue weighted by molar-refractivity contribution is 0.331. The van der Waals surface area contributed by atoms with Crippen LogP contribution in [0.1, 0.15) is 12.5 Å². The molecule has 0 unspecified atom stereocenters. The van der Waals surface area contributed by atoms with Crippen molar-refractivity contribution >= 4 is 5.57 Å². The number of benzene rings is 1. The SMILES string of the molecule is C=CC1=C(C=C)C(=C)C(c2ccc(F)cc2)=C(/C=C\C)O1. The lowest BCUT2D eigenvalue weighted by Gasteiger charge is -2.24. The summed E-state index contributed by atoms with van der Waals surface area (Å²) in [4.78, 5) is 0. The Morgan fingerprint density at radius 1 is 1.05 bits per heavy atom. The summed E-state index contributed by atoms with van der Waals surface area (Å²) >= 11 is 0. The van der Waals surface area contributed by atoms with Crippen LogP contribution in [0.4, 0.5) is 4.39 Å². The summed E-state index contributed by atoms with van der Waals surface area (Å²) in [5.74, 6) is 1.00. The first kappa shape index (κ1) is 14.8. The van der Waals surface area contributed by atoms with Crippen LogP contribution in [0.25, 0.3) is 5.57 Å². The molecule has 106 valence electrons. The highest BCUT2D eigenvalue weighted by Crippen LogP contribution is 2.39. The molecule has 0 N–H and O–H groups in total. The van der Waals surface area contributed by atoms with Crippen molar-refractivity contribution in [1.82, 2.24) is 0 Å². The van der Waals surface area contributed by atoms with Gasteiger partial charge in [0.25, 0.3) is 0 Å². The monoisotopic (exact) mass is 280 g/mol. The van der Waals surface area contributed by atoms with Crippen LogP contribution in [0.5, 0.6) is 0 Å². The van der Waals surface area contributed by atoms with Crippen LogP contribution in [0.2, 0.25) is 0 Å². The van der Waals surface area contributed by atoms with Crippen molar-refractivity contribution < 1.29 is 9.13 Å². The van der Waals surface area contributed by atoms with Gasteiger partial charge in [0.1, 0.15) is 17.3 Å². The fourth-order valence-corrected chi connectivity index (χ4v) is 2.23. The number of hydrogen-bond donors (Lipinski definition) is 0. The number of allylic oxidation sites excluding steroid dienone is 7. The summed E-state index contributed by atoms with van der Waals surface area (Å²) in [5.41, 5.74) is 3.24. The fourth-order valence-electron chi connectivity index (χ4n) is 2.23. The van der Waals surface area contributed by atoms with Crippen LogP contribution in [0.15, 0.2) is 91.0 Å². The van der Waals surface area contributed by atoms with Crippen molar-refractivity contribution in [3.63, 3.8) is 0 Å². The molecule has 1 heterocycles. The van der Waals surface area contributed by atoms with Gasteiger partial charge in [-0.2, -0.15) is 0 Å². The third kappa shape index (κ3) is 2.79. The van der Waals surface area contributed by atoms with Crippen LogP contribution >= 0.6 is 0 Å². The van der Waals surface area contributed by atoms with E-state index < -0.39 is 0 Å². The minimum atomic E-state index is -0.277. The molecular weight excluding hydrogens is 263 g/mol. The zero-order valence-electron chi connectivity index (χ0n) is 12.0. The van der Waals surface area contributed by atoms with Gasteiger partial charge in [0.2, 0.25) is 0 Å². The highest BCUT2D eigenvalue weighted by Gasteiger charge is 2.22. The van der Waals surface area contributed by atoms with Gasteiger partial charge in [0.05, 0.1) is 0 Å². The van der Waals surface area contributed by atoms with E-state index in [1.165, 1.54) is 12.1 Å². The molecule has 1 aromatic rings. The highest BCUT2D eigenvalue weighted by atomic mass is 19.1. The van der Waals surface area contributed by atoms with Gasteiger partial charge in [0.15, 0.2) is 0 Å². The third-order valence-corrected chi connectivity index (χ3v) is 3.20. The molecule has 0 bridgehead atoms. The Kier molecular flexibility index (Phi) is 4.39. The van der Waals surface area contributed by atoms with E-state index in [0.717, 1.165) is 22.3 Å². The van der Waals surface area contributed by atoms with Gasteiger partial charge in [-0.15, -0.1) is 0 Å². The Hall–Kier alpha value is -2.61. The van der Waals surface area contributed by atoms with Crippen molar-refractivity contribution in [3.05, 3.63) is 102 Å².